The minimum absolute atomic E-state index is 0.302. The molecule has 1 rings (SSSR count). The maximum Gasteiger partial charge on any atom is 0.161 e. The molecule has 0 amide bonds. The average molecular weight is 236 g/mol. The smallest absolute Gasteiger partial charge is 0.161 e. The molecule has 0 spiro atoms. The van der Waals surface area contributed by atoms with Crippen LogP contribution in [-0.4, -0.2) is 5.78 Å². The largest absolute Gasteiger partial charge is 0.294 e. The van der Waals surface area contributed by atoms with Crippen LogP contribution in [0.25, 0.3) is 0 Å². The van der Waals surface area contributed by atoms with Gasteiger partial charge in [-0.2, -0.15) is 0 Å². The first-order valence-electron chi connectivity index (χ1n) is 7.52. The van der Waals surface area contributed by atoms with E-state index in [1.165, 1.54) is 25.7 Å². The summed E-state index contributed by atoms with van der Waals surface area (Å²) < 4.78 is 0. The molecule has 0 atom stereocenters. The quantitative estimate of drug-likeness (QED) is 0.630. The van der Waals surface area contributed by atoms with Crippen molar-refractivity contribution in [2.45, 2.75) is 78.1 Å². The van der Waals surface area contributed by atoms with Crippen LogP contribution in [0.15, 0.2) is 11.6 Å². The van der Waals surface area contributed by atoms with Gasteiger partial charge in [-0.15, -0.1) is 0 Å². The molecule has 0 aromatic carbocycles. The number of carbonyl (C=O) groups is 1. The number of rotatable bonds is 6. The maximum absolute atomic E-state index is 12.5. The highest BCUT2D eigenvalue weighted by Crippen LogP contribution is 2.24. The van der Waals surface area contributed by atoms with E-state index >= 15 is 0 Å². The summed E-state index contributed by atoms with van der Waals surface area (Å²) in [5, 5.41) is 0. The van der Waals surface area contributed by atoms with Gasteiger partial charge in [-0.05, 0) is 44.1 Å². The first kappa shape index (κ1) is 14.5. The summed E-state index contributed by atoms with van der Waals surface area (Å²) in [6.07, 6.45) is 13.9. The highest BCUT2D eigenvalue weighted by molar-refractivity contribution is 5.97. The molecule has 0 bridgehead atoms. The van der Waals surface area contributed by atoms with E-state index in [0.29, 0.717) is 11.7 Å². The van der Waals surface area contributed by atoms with Crippen LogP contribution in [0.3, 0.4) is 0 Å². The number of ketones is 1. The summed E-state index contributed by atoms with van der Waals surface area (Å²) >= 11 is 0. The van der Waals surface area contributed by atoms with Gasteiger partial charge < -0.3 is 0 Å². The van der Waals surface area contributed by atoms with Crippen molar-refractivity contribution in [1.29, 1.82) is 0 Å². The Morgan fingerprint density at radius 2 is 1.76 bits per heavy atom. The molecule has 0 aliphatic heterocycles. The van der Waals surface area contributed by atoms with Crippen LogP contribution < -0.4 is 0 Å². The lowest BCUT2D eigenvalue weighted by molar-refractivity contribution is -0.119. The molecule has 1 aliphatic rings. The Labute approximate surface area is 107 Å². The molecule has 1 aliphatic carbocycles. The van der Waals surface area contributed by atoms with Crippen LogP contribution in [0, 0.1) is 5.92 Å². The third kappa shape index (κ3) is 5.06. The van der Waals surface area contributed by atoms with Crippen molar-refractivity contribution < 1.29 is 4.79 Å². The van der Waals surface area contributed by atoms with Crippen LogP contribution in [0.4, 0.5) is 0 Å². The first-order valence-corrected chi connectivity index (χ1v) is 7.52. The van der Waals surface area contributed by atoms with Gasteiger partial charge in [0.05, 0.1) is 0 Å². The Balaban J connectivity index is 2.62. The van der Waals surface area contributed by atoms with Crippen molar-refractivity contribution in [3.8, 4) is 0 Å². The normalized spacial score (nSPS) is 17.5. The van der Waals surface area contributed by atoms with Crippen molar-refractivity contribution in [2.24, 2.45) is 5.92 Å². The third-order valence-corrected chi connectivity index (χ3v) is 3.75. The highest BCUT2D eigenvalue weighted by atomic mass is 16.1. The Hall–Kier alpha value is -0.590. The fraction of sp³-hybridized carbons (Fsp3) is 0.812. The van der Waals surface area contributed by atoms with E-state index in [4.69, 9.17) is 0 Å². The summed E-state index contributed by atoms with van der Waals surface area (Å²) in [5.74, 6) is 0.770. The SMILES string of the molecule is CCCC(CCC)C(=O)C1=CCCCCCC1. The van der Waals surface area contributed by atoms with Gasteiger partial charge in [0.25, 0.3) is 0 Å². The number of hydrogen-bond acceptors (Lipinski definition) is 1. The van der Waals surface area contributed by atoms with Gasteiger partial charge in [-0.3, -0.25) is 4.79 Å². The van der Waals surface area contributed by atoms with Crippen molar-refractivity contribution in [3.63, 3.8) is 0 Å². The Morgan fingerprint density at radius 1 is 1.12 bits per heavy atom. The topological polar surface area (TPSA) is 17.1 Å². The second kappa shape index (κ2) is 8.49. The molecule has 0 unspecified atom stereocenters. The first-order chi connectivity index (χ1) is 8.29. The zero-order valence-corrected chi connectivity index (χ0v) is 11.6. The van der Waals surface area contributed by atoms with Crippen molar-refractivity contribution >= 4 is 5.78 Å². The maximum atomic E-state index is 12.5. The molecule has 0 aromatic heterocycles. The lowest BCUT2D eigenvalue weighted by Gasteiger charge is -2.17. The number of allylic oxidation sites excluding steroid dienone is 2. The van der Waals surface area contributed by atoms with E-state index in [-0.39, 0.29) is 0 Å². The zero-order chi connectivity index (χ0) is 12.5. The molecule has 0 saturated heterocycles. The average Bonchev–Trinajstić information content (AvgIpc) is 2.27. The van der Waals surface area contributed by atoms with Gasteiger partial charge in [-0.25, -0.2) is 0 Å². The predicted molar refractivity (Wildman–Crippen MR) is 74.1 cm³/mol. The molecule has 0 heterocycles. The van der Waals surface area contributed by atoms with Crippen LogP contribution in [0.1, 0.15) is 78.1 Å². The van der Waals surface area contributed by atoms with E-state index < -0.39 is 0 Å². The molecule has 0 radical (unpaired) electrons. The molecule has 1 nitrogen and oxygen atoms in total. The number of Topliss-reactive ketones (excluding diaryl/α,β-unsaturated/α-hetero) is 1. The Kier molecular flexibility index (Phi) is 7.23. The number of carbonyl (C=O) groups excluding carboxylic acids is 1. The summed E-state index contributed by atoms with van der Waals surface area (Å²) in [6.45, 7) is 4.37. The van der Waals surface area contributed by atoms with Gasteiger partial charge in [0.15, 0.2) is 5.78 Å². The Bertz CT molecular complexity index is 246. The molecule has 17 heavy (non-hydrogen) atoms. The van der Waals surface area contributed by atoms with E-state index in [1.54, 1.807) is 0 Å². The molecule has 0 N–H and O–H groups in total. The molecular weight excluding hydrogens is 208 g/mol. The predicted octanol–water partition coefficient (Wildman–Crippen LogP) is 5.05. The zero-order valence-electron chi connectivity index (χ0n) is 11.6. The Morgan fingerprint density at radius 3 is 2.41 bits per heavy atom. The second-order valence-electron chi connectivity index (χ2n) is 5.32. The lowest BCUT2D eigenvalue weighted by Crippen LogP contribution is -2.17. The van der Waals surface area contributed by atoms with Crippen LogP contribution in [0.2, 0.25) is 0 Å². The molecule has 0 aromatic rings. The van der Waals surface area contributed by atoms with E-state index in [9.17, 15) is 4.79 Å². The fourth-order valence-corrected chi connectivity index (χ4v) is 2.78. The van der Waals surface area contributed by atoms with Crippen molar-refractivity contribution in [3.05, 3.63) is 11.6 Å². The number of hydrogen-bond donors (Lipinski definition) is 0. The minimum Gasteiger partial charge on any atom is -0.294 e. The fourth-order valence-electron chi connectivity index (χ4n) is 2.78. The van der Waals surface area contributed by atoms with Gasteiger partial charge in [0, 0.05) is 5.92 Å². The highest BCUT2D eigenvalue weighted by Gasteiger charge is 2.20. The standard InChI is InChI=1S/C16H28O/c1-3-10-14(11-4-2)16(17)15-12-8-6-5-7-9-13-15/h12,14H,3-11,13H2,1-2H3. The third-order valence-electron chi connectivity index (χ3n) is 3.75. The second-order valence-corrected chi connectivity index (χ2v) is 5.32. The van der Waals surface area contributed by atoms with E-state index in [2.05, 4.69) is 19.9 Å². The van der Waals surface area contributed by atoms with E-state index in [1.807, 2.05) is 0 Å². The monoisotopic (exact) mass is 236 g/mol. The van der Waals surface area contributed by atoms with Crippen molar-refractivity contribution in [1.82, 2.24) is 0 Å². The molecule has 98 valence electrons. The van der Waals surface area contributed by atoms with Gasteiger partial charge in [-0.1, -0.05) is 45.6 Å². The van der Waals surface area contributed by atoms with Crippen LogP contribution in [-0.2, 0) is 4.79 Å². The van der Waals surface area contributed by atoms with E-state index in [0.717, 1.165) is 44.1 Å². The van der Waals surface area contributed by atoms with Crippen molar-refractivity contribution in [2.75, 3.05) is 0 Å². The minimum atomic E-state index is 0.302. The summed E-state index contributed by atoms with van der Waals surface area (Å²) in [7, 11) is 0. The summed E-state index contributed by atoms with van der Waals surface area (Å²) in [4.78, 5) is 12.5. The lowest BCUT2D eigenvalue weighted by atomic mass is 9.86. The van der Waals surface area contributed by atoms with Gasteiger partial charge in [0.1, 0.15) is 0 Å². The molecule has 0 fully saturated rings. The summed E-state index contributed by atoms with van der Waals surface area (Å²) in [5.41, 5.74) is 1.15. The molecule has 1 heteroatoms. The van der Waals surface area contributed by atoms with Crippen LogP contribution >= 0.6 is 0 Å². The van der Waals surface area contributed by atoms with Gasteiger partial charge >= 0.3 is 0 Å². The van der Waals surface area contributed by atoms with Crippen LogP contribution in [0.5, 0.6) is 0 Å². The molecule has 0 saturated carbocycles. The molecular formula is C16H28O. The van der Waals surface area contributed by atoms with Gasteiger partial charge in [0.2, 0.25) is 0 Å². The summed E-state index contributed by atoms with van der Waals surface area (Å²) in [6, 6.07) is 0.